The van der Waals surface area contributed by atoms with Crippen molar-refractivity contribution in [3.8, 4) is 5.69 Å². The fourth-order valence-corrected chi connectivity index (χ4v) is 4.25. The van der Waals surface area contributed by atoms with Crippen molar-refractivity contribution in [2.45, 2.75) is 32.9 Å². The van der Waals surface area contributed by atoms with E-state index in [1.807, 2.05) is 0 Å². The molecular weight excluding hydrogens is 461 g/mol. The van der Waals surface area contributed by atoms with Crippen LogP contribution in [-0.4, -0.2) is 35.4 Å². The number of hydrogen-bond donors (Lipinski definition) is 0. The number of carbonyl (C=O) groups is 3. The Morgan fingerprint density at radius 2 is 1.71 bits per heavy atom. The maximum absolute atomic E-state index is 13.1. The van der Waals surface area contributed by atoms with E-state index < -0.39 is 30.1 Å². The molecule has 1 aliphatic rings. The normalized spacial score (nSPS) is 13.9. The molecule has 1 aromatic heterocycles. The van der Waals surface area contributed by atoms with Crippen LogP contribution in [0.4, 0.5) is 18.9 Å². The Balaban J connectivity index is 1.45. The molecule has 35 heavy (non-hydrogen) atoms. The number of Topliss-reactive ketones (excluding diaryl/α,β-unsaturated/α-hetero) is 1. The van der Waals surface area contributed by atoms with Gasteiger partial charge in [0.1, 0.15) is 0 Å². The van der Waals surface area contributed by atoms with Crippen LogP contribution in [0, 0.1) is 13.8 Å². The number of alkyl halides is 3. The van der Waals surface area contributed by atoms with Crippen molar-refractivity contribution < 1.29 is 32.3 Å². The number of esters is 1. The van der Waals surface area contributed by atoms with E-state index in [0.29, 0.717) is 30.0 Å². The molecule has 6 nitrogen and oxygen atoms in total. The van der Waals surface area contributed by atoms with Crippen LogP contribution in [0.2, 0.25) is 0 Å². The number of nitrogens with zero attached hydrogens (tertiary/aromatic N) is 2. The van der Waals surface area contributed by atoms with Crippen molar-refractivity contribution in [1.29, 1.82) is 0 Å². The van der Waals surface area contributed by atoms with E-state index in [1.54, 1.807) is 41.5 Å². The third kappa shape index (κ3) is 4.99. The van der Waals surface area contributed by atoms with Crippen LogP contribution in [0.3, 0.4) is 0 Å². The van der Waals surface area contributed by atoms with Gasteiger partial charge in [0.15, 0.2) is 6.61 Å². The molecule has 0 N–H and O–H groups in total. The summed E-state index contributed by atoms with van der Waals surface area (Å²) in [6.45, 7) is 3.43. The van der Waals surface area contributed by atoms with E-state index in [-0.39, 0.29) is 22.7 Å². The molecule has 0 spiro atoms. The van der Waals surface area contributed by atoms with Crippen LogP contribution >= 0.6 is 0 Å². The SMILES string of the molecule is Cc1cc(C(=O)COC(=O)c2ccc(N3CCCC3=O)cc2)c(C)n1-c1cccc(C(F)(F)F)c1. The van der Waals surface area contributed by atoms with Gasteiger partial charge in [-0.3, -0.25) is 9.59 Å². The zero-order valence-electron chi connectivity index (χ0n) is 19.2. The lowest BCUT2D eigenvalue weighted by Gasteiger charge is -2.15. The molecule has 9 heteroatoms. The highest BCUT2D eigenvalue weighted by Crippen LogP contribution is 2.31. The minimum absolute atomic E-state index is 0.0358. The summed E-state index contributed by atoms with van der Waals surface area (Å²) in [5, 5.41) is 0. The van der Waals surface area contributed by atoms with Crippen molar-refractivity contribution in [2.75, 3.05) is 18.1 Å². The number of benzene rings is 2. The Morgan fingerprint density at radius 1 is 1.00 bits per heavy atom. The zero-order valence-corrected chi connectivity index (χ0v) is 19.2. The fourth-order valence-electron chi connectivity index (χ4n) is 4.25. The van der Waals surface area contributed by atoms with E-state index in [4.69, 9.17) is 4.74 Å². The van der Waals surface area contributed by atoms with Gasteiger partial charge < -0.3 is 14.2 Å². The number of rotatable bonds is 6. The first-order valence-corrected chi connectivity index (χ1v) is 11.0. The summed E-state index contributed by atoms with van der Waals surface area (Å²) < 4.78 is 46.1. The first kappa shape index (κ1) is 24.3. The molecule has 0 aliphatic carbocycles. The van der Waals surface area contributed by atoms with Crippen molar-refractivity contribution in [3.05, 3.63) is 82.7 Å². The van der Waals surface area contributed by atoms with Gasteiger partial charge in [-0.25, -0.2) is 4.79 Å². The number of ether oxygens (including phenoxy) is 1. The molecule has 3 aromatic rings. The number of anilines is 1. The van der Waals surface area contributed by atoms with Gasteiger partial charge in [0, 0.05) is 41.3 Å². The second kappa shape index (κ2) is 9.40. The molecule has 2 aromatic carbocycles. The van der Waals surface area contributed by atoms with E-state index in [9.17, 15) is 27.6 Å². The lowest BCUT2D eigenvalue weighted by molar-refractivity contribution is -0.137. The largest absolute Gasteiger partial charge is 0.454 e. The Kier molecular flexibility index (Phi) is 6.51. The second-order valence-electron chi connectivity index (χ2n) is 8.36. The number of carbonyl (C=O) groups excluding carboxylic acids is 3. The number of amides is 1. The quantitative estimate of drug-likeness (QED) is 0.353. The van der Waals surface area contributed by atoms with E-state index in [1.165, 1.54) is 24.3 Å². The summed E-state index contributed by atoms with van der Waals surface area (Å²) in [4.78, 5) is 38.7. The van der Waals surface area contributed by atoms with E-state index in [0.717, 1.165) is 18.6 Å². The Bertz CT molecular complexity index is 1290. The highest BCUT2D eigenvalue weighted by Gasteiger charge is 2.31. The van der Waals surface area contributed by atoms with Crippen LogP contribution in [-0.2, 0) is 15.7 Å². The highest BCUT2D eigenvalue weighted by molar-refractivity contribution is 6.01. The topological polar surface area (TPSA) is 68.6 Å². The van der Waals surface area contributed by atoms with Crippen LogP contribution in [0.25, 0.3) is 5.69 Å². The summed E-state index contributed by atoms with van der Waals surface area (Å²) >= 11 is 0. The van der Waals surface area contributed by atoms with Gasteiger partial charge in [0.2, 0.25) is 11.7 Å². The third-order valence-electron chi connectivity index (χ3n) is 5.99. The van der Waals surface area contributed by atoms with Crippen LogP contribution < -0.4 is 4.90 Å². The summed E-state index contributed by atoms with van der Waals surface area (Å²) in [6, 6.07) is 12.8. The maximum atomic E-state index is 13.1. The summed E-state index contributed by atoms with van der Waals surface area (Å²) in [6.07, 6.45) is -3.20. The molecule has 0 unspecified atom stereocenters. The lowest BCUT2D eigenvalue weighted by atomic mass is 10.1. The monoisotopic (exact) mass is 484 g/mol. The molecule has 1 fully saturated rings. The minimum Gasteiger partial charge on any atom is -0.454 e. The number of halogens is 3. The second-order valence-corrected chi connectivity index (χ2v) is 8.36. The predicted octanol–water partition coefficient (Wildman–Crippen LogP) is 5.28. The molecule has 182 valence electrons. The molecule has 0 atom stereocenters. The van der Waals surface area contributed by atoms with E-state index >= 15 is 0 Å². The van der Waals surface area contributed by atoms with Gasteiger partial charge >= 0.3 is 12.1 Å². The average molecular weight is 484 g/mol. The first-order valence-electron chi connectivity index (χ1n) is 11.0. The third-order valence-corrected chi connectivity index (χ3v) is 5.99. The smallest absolute Gasteiger partial charge is 0.416 e. The maximum Gasteiger partial charge on any atom is 0.416 e. The molecule has 0 radical (unpaired) electrons. The highest BCUT2D eigenvalue weighted by atomic mass is 19.4. The molecule has 1 saturated heterocycles. The minimum atomic E-state index is -4.49. The molecule has 2 heterocycles. The van der Waals surface area contributed by atoms with Crippen molar-refractivity contribution in [1.82, 2.24) is 4.57 Å². The number of aryl methyl sites for hydroxylation is 1. The van der Waals surface area contributed by atoms with Crippen LogP contribution in [0.5, 0.6) is 0 Å². The van der Waals surface area contributed by atoms with Crippen molar-refractivity contribution in [3.63, 3.8) is 0 Å². The summed E-state index contributed by atoms with van der Waals surface area (Å²) in [5.74, 6) is -1.12. The van der Waals surface area contributed by atoms with Crippen LogP contribution in [0.15, 0.2) is 54.6 Å². The number of hydrogen-bond acceptors (Lipinski definition) is 4. The van der Waals surface area contributed by atoms with Gasteiger partial charge in [-0.15, -0.1) is 0 Å². The van der Waals surface area contributed by atoms with Crippen molar-refractivity contribution in [2.24, 2.45) is 0 Å². The molecule has 1 amide bonds. The van der Waals surface area contributed by atoms with Gasteiger partial charge in [0.25, 0.3) is 0 Å². The Hall–Kier alpha value is -3.88. The first-order chi connectivity index (χ1) is 16.6. The summed E-state index contributed by atoms with van der Waals surface area (Å²) in [7, 11) is 0. The van der Waals surface area contributed by atoms with E-state index in [2.05, 4.69) is 0 Å². The van der Waals surface area contributed by atoms with Gasteiger partial charge in [-0.2, -0.15) is 13.2 Å². The fraction of sp³-hybridized carbons (Fsp3) is 0.269. The molecule has 0 bridgehead atoms. The van der Waals surface area contributed by atoms with Gasteiger partial charge in [0.05, 0.1) is 11.1 Å². The Labute approximate surface area is 199 Å². The van der Waals surface area contributed by atoms with Crippen molar-refractivity contribution >= 4 is 23.3 Å². The lowest BCUT2D eigenvalue weighted by Crippen LogP contribution is -2.23. The Morgan fingerprint density at radius 3 is 2.34 bits per heavy atom. The van der Waals surface area contributed by atoms with Gasteiger partial charge in [-0.05, 0) is 68.8 Å². The average Bonchev–Trinajstić information content (AvgIpc) is 3.39. The van der Waals surface area contributed by atoms with Crippen LogP contribution in [0.1, 0.15) is 50.5 Å². The summed E-state index contributed by atoms with van der Waals surface area (Å²) in [5.41, 5.74) is 1.71. The molecule has 0 saturated carbocycles. The molecule has 4 rings (SSSR count). The zero-order chi connectivity index (χ0) is 25.3. The predicted molar refractivity (Wildman–Crippen MR) is 123 cm³/mol. The standard InChI is InChI=1S/C26H23F3N2O4/c1-16-13-22(17(2)31(16)21-6-3-5-19(14-21)26(27,28)29)23(32)15-35-25(34)18-8-10-20(11-9-18)30-12-4-7-24(30)33/h3,5-6,8-11,13-14H,4,7,12,15H2,1-2H3. The number of ketones is 1. The molecular formula is C26H23F3N2O4. The molecule has 1 aliphatic heterocycles. The van der Waals surface area contributed by atoms with Gasteiger partial charge in [-0.1, -0.05) is 6.07 Å². The number of aromatic nitrogens is 1.